The Bertz CT molecular complexity index is 371. The van der Waals surface area contributed by atoms with E-state index in [-0.39, 0.29) is 18.5 Å². The molecule has 0 aliphatic carbocycles. The van der Waals surface area contributed by atoms with Gasteiger partial charge in [0.05, 0.1) is 5.69 Å². The van der Waals surface area contributed by atoms with Crippen LogP contribution in [0.25, 0.3) is 0 Å². The third-order valence-corrected chi connectivity index (χ3v) is 3.21. The number of aliphatic hydroxyl groups excluding tert-OH is 1. The van der Waals surface area contributed by atoms with Crippen LogP contribution in [0.2, 0.25) is 0 Å². The molecule has 102 valence electrons. The Morgan fingerprint density at radius 1 is 1.44 bits per heavy atom. The Labute approximate surface area is 109 Å². The molecular formula is C14H23FN2O. The third kappa shape index (κ3) is 3.68. The van der Waals surface area contributed by atoms with Gasteiger partial charge in [-0.3, -0.25) is 0 Å². The molecule has 1 aromatic carbocycles. The maximum atomic E-state index is 14.1. The third-order valence-electron chi connectivity index (χ3n) is 3.21. The van der Waals surface area contributed by atoms with Gasteiger partial charge < -0.3 is 15.3 Å². The number of halogens is 1. The van der Waals surface area contributed by atoms with Crippen molar-refractivity contribution in [2.24, 2.45) is 0 Å². The lowest BCUT2D eigenvalue weighted by molar-refractivity contribution is 0.289. The summed E-state index contributed by atoms with van der Waals surface area (Å²) >= 11 is 0. The van der Waals surface area contributed by atoms with E-state index in [1.54, 1.807) is 6.07 Å². The van der Waals surface area contributed by atoms with Gasteiger partial charge in [-0.2, -0.15) is 0 Å². The summed E-state index contributed by atoms with van der Waals surface area (Å²) in [5.41, 5.74) is 1.55. The molecule has 1 rings (SSSR count). The van der Waals surface area contributed by atoms with Gasteiger partial charge in [-0.1, -0.05) is 6.07 Å². The molecule has 0 fully saturated rings. The van der Waals surface area contributed by atoms with Crippen LogP contribution in [-0.4, -0.2) is 31.9 Å². The first-order chi connectivity index (χ1) is 8.63. The van der Waals surface area contributed by atoms with E-state index in [4.69, 9.17) is 5.11 Å². The van der Waals surface area contributed by atoms with Gasteiger partial charge in [0.15, 0.2) is 0 Å². The first-order valence-corrected chi connectivity index (χ1v) is 6.46. The number of hydrogen-bond donors (Lipinski definition) is 2. The van der Waals surface area contributed by atoms with Gasteiger partial charge in [-0.15, -0.1) is 0 Å². The van der Waals surface area contributed by atoms with Gasteiger partial charge in [0, 0.05) is 25.7 Å². The van der Waals surface area contributed by atoms with Crippen molar-refractivity contribution in [3.63, 3.8) is 0 Å². The molecule has 0 saturated heterocycles. The smallest absolute Gasteiger partial charge is 0.146 e. The second-order valence-corrected chi connectivity index (χ2v) is 4.38. The fourth-order valence-corrected chi connectivity index (χ4v) is 1.93. The number of benzene rings is 1. The Morgan fingerprint density at radius 2 is 2.17 bits per heavy atom. The normalized spacial score (nSPS) is 12.5. The molecule has 0 heterocycles. The topological polar surface area (TPSA) is 35.5 Å². The zero-order valence-electron chi connectivity index (χ0n) is 11.4. The summed E-state index contributed by atoms with van der Waals surface area (Å²) in [6.45, 7) is 5.52. The number of nitrogens with zero attached hydrogens (tertiary/aromatic N) is 1. The first kappa shape index (κ1) is 14.9. The van der Waals surface area contributed by atoms with E-state index in [0.29, 0.717) is 18.7 Å². The van der Waals surface area contributed by atoms with Crippen molar-refractivity contribution in [1.82, 2.24) is 5.32 Å². The average molecular weight is 254 g/mol. The van der Waals surface area contributed by atoms with Gasteiger partial charge >= 0.3 is 0 Å². The minimum atomic E-state index is -0.200. The van der Waals surface area contributed by atoms with Crippen LogP contribution in [0.15, 0.2) is 18.2 Å². The Hall–Kier alpha value is -1.13. The molecule has 2 N–H and O–H groups in total. The number of hydrogen-bond acceptors (Lipinski definition) is 3. The molecule has 18 heavy (non-hydrogen) atoms. The Morgan fingerprint density at radius 3 is 2.67 bits per heavy atom. The van der Waals surface area contributed by atoms with Crippen LogP contribution in [0.5, 0.6) is 0 Å². The lowest BCUT2D eigenvalue weighted by atomic mass is 10.1. The molecule has 4 heteroatoms. The van der Waals surface area contributed by atoms with Crippen molar-refractivity contribution < 1.29 is 9.50 Å². The summed E-state index contributed by atoms with van der Waals surface area (Å²) < 4.78 is 14.1. The summed E-state index contributed by atoms with van der Waals surface area (Å²) in [5, 5.41) is 11.9. The van der Waals surface area contributed by atoms with E-state index in [2.05, 4.69) is 5.32 Å². The maximum Gasteiger partial charge on any atom is 0.146 e. The van der Waals surface area contributed by atoms with Crippen LogP contribution < -0.4 is 10.2 Å². The second-order valence-electron chi connectivity index (χ2n) is 4.38. The molecule has 0 amide bonds. The molecule has 0 saturated carbocycles. The number of anilines is 1. The van der Waals surface area contributed by atoms with Crippen LogP contribution in [0, 0.1) is 5.82 Å². The minimum absolute atomic E-state index is 0.132. The maximum absolute atomic E-state index is 14.1. The standard InChI is InChI=1S/C14H23FN2O/c1-4-17(8-5-9-18)14-7-6-12(10-13(14)15)11(2)16-3/h6-7,10-11,16,18H,4-5,8-9H2,1-3H3. The lowest BCUT2D eigenvalue weighted by Crippen LogP contribution is -2.25. The molecule has 1 unspecified atom stereocenters. The molecule has 0 spiro atoms. The van der Waals surface area contributed by atoms with Crippen molar-refractivity contribution in [3.05, 3.63) is 29.6 Å². The van der Waals surface area contributed by atoms with Crippen molar-refractivity contribution in [2.45, 2.75) is 26.3 Å². The zero-order valence-corrected chi connectivity index (χ0v) is 11.4. The Balaban J connectivity index is 2.89. The largest absolute Gasteiger partial charge is 0.396 e. The minimum Gasteiger partial charge on any atom is -0.396 e. The van der Waals surface area contributed by atoms with Gasteiger partial charge in [-0.25, -0.2) is 4.39 Å². The van der Waals surface area contributed by atoms with Gasteiger partial charge in [0.1, 0.15) is 5.82 Å². The number of rotatable bonds is 7. The predicted octanol–water partition coefficient (Wildman–Crippen LogP) is 2.31. The molecule has 0 aromatic heterocycles. The highest BCUT2D eigenvalue weighted by molar-refractivity contribution is 5.49. The summed E-state index contributed by atoms with van der Waals surface area (Å²) in [7, 11) is 1.86. The SMILES string of the molecule is CCN(CCCO)c1ccc(C(C)NC)cc1F. The van der Waals surface area contributed by atoms with E-state index >= 15 is 0 Å². The lowest BCUT2D eigenvalue weighted by Gasteiger charge is -2.24. The van der Waals surface area contributed by atoms with Crippen LogP contribution in [-0.2, 0) is 0 Å². The van der Waals surface area contributed by atoms with Crippen molar-refractivity contribution in [2.75, 3.05) is 31.6 Å². The van der Waals surface area contributed by atoms with E-state index in [0.717, 1.165) is 12.1 Å². The molecule has 0 aliphatic rings. The van der Waals surface area contributed by atoms with E-state index < -0.39 is 0 Å². The second kappa shape index (κ2) is 7.34. The van der Waals surface area contributed by atoms with Crippen LogP contribution in [0.4, 0.5) is 10.1 Å². The van der Waals surface area contributed by atoms with Gasteiger partial charge in [0.2, 0.25) is 0 Å². The van der Waals surface area contributed by atoms with Crippen LogP contribution in [0.3, 0.4) is 0 Å². The average Bonchev–Trinajstić information content (AvgIpc) is 2.40. The zero-order chi connectivity index (χ0) is 13.5. The number of aliphatic hydroxyl groups is 1. The molecule has 0 aliphatic heterocycles. The quantitative estimate of drug-likeness (QED) is 0.784. The predicted molar refractivity (Wildman–Crippen MR) is 73.5 cm³/mol. The first-order valence-electron chi connectivity index (χ1n) is 6.46. The molecule has 1 aromatic rings. The van der Waals surface area contributed by atoms with Crippen LogP contribution in [0.1, 0.15) is 31.9 Å². The molecule has 1 atom stereocenters. The Kier molecular flexibility index (Phi) is 6.09. The molecule has 0 radical (unpaired) electrons. The monoisotopic (exact) mass is 254 g/mol. The summed E-state index contributed by atoms with van der Waals surface area (Å²) in [6, 6.07) is 5.49. The summed E-state index contributed by atoms with van der Waals surface area (Å²) in [4.78, 5) is 1.94. The van der Waals surface area contributed by atoms with Crippen molar-refractivity contribution in [1.29, 1.82) is 0 Å². The summed E-state index contributed by atoms with van der Waals surface area (Å²) in [5.74, 6) is -0.200. The molecular weight excluding hydrogens is 231 g/mol. The summed E-state index contributed by atoms with van der Waals surface area (Å²) in [6.07, 6.45) is 0.655. The van der Waals surface area contributed by atoms with E-state index in [1.165, 1.54) is 0 Å². The number of nitrogens with one attached hydrogen (secondary N) is 1. The fraction of sp³-hybridized carbons (Fsp3) is 0.571. The highest BCUT2D eigenvalue weighted by Crippen LogP contribution is 2.23. The molecule has 0 bridgehead atoms. The van der Waals surface area contributed by atoms with Gasteiger partial charge in [-0.05, 0) is 45.0 Å². The van der Waals surface area contributed by atoms with Gasteiger partial charge in [0.25, 0.3) is 0 Å². The highest BCUT2D eigenvalue weighted by Gasteiger charge is 2.12. The fourth-order valence-electron chi connectivity index (χ4n) is 1.93. The van der Waals surface area contributed by atoms with Crippen molar-refractivity contribution >= 4 is 5.69 Å². The van der Waals surface area contributed by atoms with E-state index in [9.17, 15) is 4.39 Å². The molecule has 3 nitrogen and oxygen atoms in total. The van der Waals surface area contributed by atoms with Crippen molar-refractivity contribution in [3.8, 4) is 0 Å². The van der Waals surface area contributed by atoms with E-state index in [1.807, 2.05) is 37.9 Å². The van der Waals surface area contributed by atoms with Crippen LogP contribution >= 0.6 is 0 Å². The highest BCUT2D eigenvalue weighted by atomic mass is 19.1.